The molecule has 1 fully saturated rings. The summed E-state index contributed by atoms with van der Waals surface area (Å²) in [7, 11) is 0. The van der Waals surface area contributed by atoms with Crippen molar-refractivity contribution in [3.63, 3.8) is 0 Å². The van der Waals surface area contributed by atoms with Crippen molar-refractivity contribution in [1.29, 1.82) is 0 Å². The summed E-state index contributed by atoms with van der Waals surface area (Å²) in [5.74, 6) is 0. The molecule has 18 heavy (non-hydrogen) atoms. The molecule has 1 aliphatic rings. The van der Waals surface area contributed by atoms with E-state index in [0.29, 0.717) is 6.04 Å². The maximum atomic E-state index is 6.24. The number of aryl methyl sites for hydroxylation is 1. The lowest BCUT2D eigenvalue weighted by atomic mass is 9.93. The zero-order chi connectivity index (χ0) is 13.1. The highest BCUT2D eigenvalue weighted by atomic mass is 35.5. The second-order valence-electron chi connectivity index (χ2n) is 5.44. The topological polar surface area (TPSA) is 3.24 Å². The van der Waals surface area contributed by atoms with E-state index in [9.17, 15) is 0 Å². The van der Waals surface area contributed by atoms with Gasteiger partial charge in [-0.2, -0.15) is 0 Å². The van der Waals surface area contributed by atoms with Gasteiger partial charge in [0.1, 0.15) is 0 Å². The van der Waals surface area contributed by atoms with Crippen LogP contribution in [0.1, 0.15) is 50.2 Å². The summed E-state index contributed by atoms with van der Waals surface area (Å²) in [5, 5.41) is 0.863. The molecule has 100 valence electrons. The molecule has 0 atom stereocenters. The third-order valence-electron chi connectivity index (χ3n) is 4.27. The Morgan fingerprint density at radius 3 is 2.44 bits per heavy atom. The Hall–Kier alpha value is -0.690. The molecule has 0 radical (unpaired) electrons. The van der Waals surface area contributed by atoms with Crippen LogP contribution in [0.3, 0.4) is 0 Å². The molecule has 2 heteroatoms. The van der Waals surface area contributed by atoms with Crippen LogP contribution < -0.4 is 4.90 Å². The standard InChI is InChI=1S/C16H24ClN/c1-4-18(15-8-6-5-7-9-15)16-11-14(17)10-12(2)13(16)3/h10-11,15H,4-9H2,1-3H3. The van der Waals surface area contributed by atoms with E-state index in [4.69, 9.17) is 11.6 Å². The van der Waals surface area contributed by atoms with E-state index in [2.05, 4.69) is 37.8 Å². The van der Waals surface area contributed by atoms with Gasteiger partial charge in [0.15, 0.2) is 0 Å². The highest BCUT2D eigenvalue weighted by molar-refractivity contribution is 6.31. The molecule has 1 aliphatic carbocycles. The quantitative estimate of drug-likeness (QED) is 0.734. The number of hydrogen-bond donors (Lipinski definition) is 0. The Morgan fingerprint density at radius 1 is 1.17 bits per heavy atom. The molecule has 0 amide bonds. The van der Waals surface area contributed by atoms with Crippen LogP contribution >= 0.6 is 11.6 Å². The lowest BCUT2D eigenvalue weighted by molar-refractivity contribution is 0.418. The Morgan fingerprint density at radius 2 is 1.83 bits per heavy atom. The van der Waals surface area contributed by atoms with Crippen molar-refractivity contribution in [1.82, 2.24) is 0 Å². The van der Waals surface area contributed by atoms with Gasteiger partial charge in [0.05, 0.1) is 0 Å². The minimum atomic E-state index is 0.709. The van der Waals surface area contributed by atoms with Crippen LogP contribution in [-0.2, 0) is 0 Å². The number of benzene rings is 1. The summed E-state index contributed by atoms with van der Waals surface area (Å²) in [6, 6.07) is 4.91. The molecular formula is C16H24ClN. The molecule has 0 heterocycles. The van der Waals surface area contributed by atoms with Gasteiger partial charge in [-0.15, -0.1) is 0 Å². The minimum Gasteiger partial charge on any atom is -0.369 e. The van der Waals surface area contributed by atoms with E-state index in [0.717, 1.165) is 11.6 Å². The third-order valence-corrected chi connectivity index (χ3v) is 4.49. The van der Waals surface area contributed by atoms with Gasteiger partial charge in [-0.05, 0) is 56.9 Å². The van der Waals surface area contributed by atoms with E-state index in [1.54, 1.807) is 0 Å². The first kappa shape index (κ1) is 13.7. The smallest absolute Gasteiger partial charge is 0.0429 e. The minimum absolute atomic E-state index is 0.709. The molecule has 0 N–H and O–H groups in total. The first-order valence-electron chi connectivity index (χ1n) is 7.17. The molecule has 1 aromatic rings. The van der Waals surface area contributed by atoms with Gasteiger partial charge in [0.2, 0.25) is 0 Å². The fourth-order valence-corrected chi connectivity index (χ4v) is 3.38. The maximum Gasteiger partial charge on any atom is 0.0429 e. The molecule has 0 aromatic heterocycles. The normalized spacial score (nSPS) is 16.9. The second kappa shape index (κ2) is 5.97. The van der Waals surface area contributed by atoms with Gasteiger partial charge in [0, 0.05) is 23.3 Å². The monoisotopic (exact) mass is 265 g/mol. The molecule has 0 unspecified atom stereocenters. The number of halogens is 1. The van der Waals surface area contributed by atoms with Crippen molar-refractivity contribution < 1.29 is 0 Å². The highest BCUT2D eigenvalue weighted by Gasteiger charge is 2.22. The van der Waals surface area contributed by atoms with Crippen LogP contribution in [-0.4, -0.2) is 12.6 Å². The summed E-state index contributed by atoms with van der Waals surface area (Å²) < 4.78 is 0. The van der Waals surface area contributed by atoms with Crippen molar-refractivity contribution in [3.05, 3.63) is 28.3 Å². The Labute approximate surface area is 116 Å². The van der Waals surface area contributed by atoms with Crippen LogP contribution in [0.4, 0.5) is 5.69 Å². The van der Waals surface area contributed by atoms with E-state index in [-0.39, 0.29) is 0 Å². The fourth-order valence-electron chi connectivity index (χ4n) is 3.11. The molecule has 1 saturated carbocycles. The van der Waals surface area contributed by atoms with Gasteiger partial charge in [-0.1, -0.05) is 30.9 Å². The summed E-state index contributed by atoms with van der Waals surface area (Å²) in [5.41, 5.74) is 4.02. The van der Waals surface area contributed by atoms with Gasteiger partial charge in [-0.25, -0.2) is 0 Å². The van der Waals surface area contributed by atoms with E-state index < -0.39 is 0 Å². The van der Waals surface area contributed by atoms with Crippen LogP contribution in [0.25, 0.3) is 0 Å². The Balaban J connectivity index is 2.31. The predicted molar refractivity (Wildman–Crippen MR) is 80.8 cm³/mol. The molecular weight excluding hydrogens is 242 g/mol. The molecule has 1 aromatic carbocycles. The molecule has 1 nitrogen and oxygen atoms in total. The molecule has 0 aliphatic heterocycles. The summed E-state index contributed by atoms with van der Waals surface area (Å²) >= 11 is 6.24. The Kier molecular flexibility index (Phi) is 4.55. The third kappa shape index (κ3) is 2.83. The largest absolute Gasteiger partial charge is 0.369 e. The zero-order valence-corrected chi connectivity index (χ0v) is 12.6. The lowest BCUT2D eigenvalue weighted by Crippen LogP contribution is -2.37. The van der Waals surface area contributed by atoms with Crippen molar-refractivity contribution in [2.75, 3.05) is 11.4 Å². The zero-order valence-electron chi connectivity index (χ0n) is 11.8. The SMILES string of the molecule is CCN(c1cc(Cl)cc(C)c1C)C1CCCCC1. The summed E-state index contributed by atoms with van der Waals surface area (Å²) in [4.78, 5) is 2.56. The second-order valence-corrected chi connectivity index (χ2v) is 5.88. The fraction of sp³-hybridized carbons (Fsp3) is 0.625. The first-order valence-corrected chi connectivity index (χ1v) is 7.54. The Bertz CT molecular complexity index is 408. The van der Waals surface area contributed by atoms with Crippen LogP contribution in [0, 0.1) is 13.8 Å². The van der Waals surface area contributed by atoms with E-state index in [1.807, 2.05) is 0 Å². The van der Waals surface area contributed by atoms with E-state index >= 15 is 0 Å². The number of rotatable bonds is 3. The number of anilines is 1. The van der Waals surface area contributed by atoms with Gasteiger partial charge in [0.25, 0.3) is 0 Å². The van der Waals surface area contributed by atoms with E-state index in [1.165, 1.54) is 48.9 Å². The number of hydrogen-bond acceptors (Lipinski definition) is 1. The van der Waals surface area contributed by atoms with Crippen molar-refractivity contribution in [2.24, 2.45) is 0 Å². The van der Waals surface area contributed by atoms with Crippen LogP contribution in [0.5, 0.6) is 0 Å². The molecule has 2 rings (SSSR count). The predicted octanol–water partition coefficient (Wildman–Crippen LogP) is 5.12. The molecule has 0 bridgehead atoms. The van der Waals surface area contributed by atoms with Crippen LogP contribution in [0.15, 0.2) is 12.1 Å². The molecule has 0 spiro atoms. The highest BCUT2D eigenvalue weighted by Crippen LogP contribution is 2.32. The average molecular weight is 266 g/mol. The molecule has 0 saturated heterocycles. The van der Waals surface area contributed by atoms with Gasteiger partial charge < -0.3 is 4.90 Å². The summed E-state index contributed by atoms with van der Waals surface area (Å²) in [6.45, 7) is 7.70. The van der Waals surface area contributed by atoms with Crippen molar-refractivity contribution in [2.45, 2.75) is 58.9 Å². The van der Waals surface area contributed by atoms with Crippen molar-refractivity contribution in [3.8, 4) is 0 Å². The average Bonchev–Trinajstić information content (AvgIpc) is 2.37. The summed E-state index contributed by atoms with van der Waals surface area (Å²) in [6.07, 6.45) is 6.82. The maximum absolute atomic E-state index is 6.24. The first-order chi connectivity index (χ1) is 8.63. The van der Waals surface area contributed by atoms with Crippen LogP contribution in [0.2, 0.25) is 5.02 Å². The van der Waals surface area contributed by atoms with Gasteiger partial charge in [-0.3, -0.25) is 0 Å². The lowest BCUT2D eigenvalue weighted by Gasteiger charge is -2.36. The van der Waals surface area contributed by atoms with Gasteiger partial charge >= 0.3 is 0 Å². The van der Waals surface area contributed by atoms with Crippen molar-refractivity contribution >= 4 is 17.3 Å². The number of nitrogens with zero attached hydrogens (tertiary/aromatic N) is 1.